The van der Waals surface area contributed by atoms with Crippen LogP contribution in [0, 0.1) is 5.92 Å². The molecule has 5 heteroatoms. The summed E-state index contributed by atoms with van der Waals surface area (Å²) < 4.78 is 10.8. The van der Waals surface area contributed by atoms with E-state index in [9.17, 15) is 9.59 Å². The summed E-state index contributed by atoms with van der Waals surface area (Å²) in [5, 5.41) is 0. The maximum absolute atomic E-state index is 12.2. The Kier molecular flexibility index (Phi) is 5.41. The third kappa shape index (κ3) is 4.00. The van der Waals surface area contributed by atoms with Gasteiger partial charge in [0.05, 0.1) is 7.11 Å². The SMILES string of the molecule is COc1cc(C(C)=O)ccc1OCC(=O)N1CCC(C)CC1. The van der Waals surface area contributed by atoms with Gasteiger partial charge in [-0.15, -0.1) is 0 Å². The number of rotatable bonds is 5. The van der Waals surface area contributed by atoms with Crippen LogP contribution in [-0.2, 0) is 4.79 Å². The number of nitrogens with zero attached hydrogens (tertiary/aromatic N) is 1. The van der Waals surface area contributed by atoms with E-state index in [2.05, 4.69) is 6.92 Å². The lowest BCUT2D eigenvalue weighted by Crippen LogP contribution is -2.40. The molecule has 0 unspecified atom stereocenters. The van der Waals surface area contributed by atoms with Gasteiger partial charge in [-0.3, -0.25) is 9.59 Å². The van der Waals surface area contributed by atoms with Gasteiger partial charge < -0.3 is 14.4 Å². The molecule has 1 heterocycles. The van der Waals surface area contributed by atoms with Crippen molar-refractivity contribution >= 4 is 11.7 Å². The zero-order valence-electron chi connectivity index (χ0n) is 13.4. The lowest BCUT2D eigenvalue weighted by atomic mass is 9.99. The molecule has 120 valence electrons. The molecular weight excluding hydrogens is 282 g/mol. The minimum Gasteiger partial charge on any atom is -0.493 e. The average Bonchev–Trinajstić information content (AvgIpc) is 2.52. The van der Waals surface area contributed by atoms with Gasteiger partial charge in [0.2, 0.25) is 0 Å². The van der Waals surface area contributed by atoms with E-state index in [1.807, 2.05) is 4.90 Å². The van der Waals surface area contributed by atoms with Crippen LogP contribution in [0.15, 0.2) is 18.2 Å². The Balaban J connectivity index is 1.96. The Labute approximate surface area is 131 Å². The number of carbonyl (C=O) groups is 2. The summed E-state index contributed by atoms with van der Waals surface area (Å²) in [4.78, 5) is 25.4. The molecule has 1 aromatic carbocycles. The fourth-order valence-corrected chi connectivity index (χ4v) is 2.49. The van der Waals surface area contributed by atoms with Gasteiger partial charge in [-0.2, -0.15) is 0 Å². The van der Waals surface area contributed by atoms with Crippen LogP contribution in [-0.4, -0.2) is 43.4 Å². The van der Waals surface area contributed by atoms with Gasteiger partial charge in [0.25, 0.3) is 5.91 Å². The first kappa shape index (κ1) is 16.3. The van der Waals surface area contributed by atoms with E-state index in [1.165, 1.54) is 14.0 Å². The highest BCUT2D eigenvalue weighted by molar-refractivity contribution is 5.94. The summed E-state index contributed by atoms with van der Waals surface area (Å²) in [5.41, 5.74) is 0.556. The summed E-state index contributed by atoms with van der Waals surface area (Å²) in [6.07, 6.45) is 2.09. The van der Waals surface area contributed by atoms with E-state index in [-0.39, 0.29) is 18.3 Å². The molecule has 0 saturated carbocycles. The zero-order chi connectivity index (χ0) is 16.1. The van der Waals surface area contributed by atoms with Gasteiger partial charge in [0.1, 0.15) is 0 Å². The Morgan fingerprint density at radius 3 is 2.50 bits per heavy atom. The first-order chi connectivity index (χ1) is 10.5. The van der Waals surface area contributed by atoms with Gasteiger partial charge in [-0.05, 0) is 43.9 Å². The predicted molar refractivity (Wildman–Crippen MR) is 83.5 cm³/mol. The van der Waals surface area contributed by atoms with Crippen molar-refractivity contribution < 1.29 is 19.1 Å². The van der Waals surface area contributed by atoms with Crippen LogP contribution >= 0.6 is 0 Å². The number of methoxy groups -OCH3 is 1. The Bertz CT molecular complexity index is 548. The number of likely N-dealkylation sites (tertiary alicyclic amines) is 1. The van der Waals surface area contributed by atoms with Crippen molar-refractivity contribution in [2.75, 3.05) is 26.8 Å². The molecule has 1 fully saturated rings. The molecule has 0 bridgehead atoms. The Morgan fingerprint density at radius 2 is 1.91 bits per heavy atom. The monoisotopic (exact) mass is 305 g/mol. The van der Waals surface area contributed by atoms with Crippen molar-refractivity contribution in [3.63, 3.8) is 0 Å². The van der Waals surface area contributed by atoms with Gasteiger partial charge in [0, 0.05) is 18.7 Å². The largest absolute Gasteiger partial charge is 0.493 e. The molecule has 22 heavy (non-hydrogen) atoms. The fourth-order valence-electron chi connectivity index (χ4n) is 2.49. The van der Waals surface area contributed by atoms with Crippen molar-refractivity contribution in [3.8, 4) is 11.5 Å². The van der Waals surface area contributed by atoms with Crippen LogP contribution in [0.2, 0.25) is 0 Å². The normalized spacial score (nSPS) is 15.5. The molecule has 1 aliphatic heterocycles. The van der Waals surface area contributed by atoms with Crippen LogP contribution < -0.4 is 9.47 Å². The van der Waals surface area contributed by atoms with Crippen molar-refractivity contribution in [2.24, 2.45) is 5.92 Å². The molecule has 1 amide bonds. The average molecular weight is 305 g/mol. The van der Waals surface area contributed by atoms with Crippen LogP contribution in [0.5, 0.6) is 11.5 Å². The molecule has 0 spiro atoms. The maximum atomic E-state index is 12.2. The van der Waals surface area contributed by atoms with Crippen LogP contribution in [0.1, 0.15) is 37.0 Å². The number of ether oxygens (including phenoxy) is 2. The number of amides is 1. The minimum absolute atomic E-state index is 0.00963. The van der Waals surface area contributed by atoms with E-state index in [1.54, 1.807) is 18.2 Å². The summed E-state index contributed by atoms with van der Waals surface area (Å²) in [5.74, 6) is 1.58. The predicted octanol–water partition coefficient (Wildman–Crippen LogP) is 2.54. The third-order valence-corrected chi connectivity index (χ3v) is 4.06. The standard InChI is InChI=1S/C17H23NO4/c1-12-6-8-18(9-7-12)17(20)11-22-15-5-4-14(13(2)19)10-16(15)21-3/h4-5,10,12H,6-9,11H2,1-3H3. The van der Waals surface area contributed by atoms with Crippen molar-refractivity contribution in [1.29, 1.82) is 0 Å². The molecule has 1 aromatic rings. The number of ketones is 1. The second-order valence-corrected chi connectivity index (χ2v) is 5.77. The second-order valence-electron chi connectivity index (χ2n) is 5.77. The Morgan fingerprint density at radius 1 is 1.23 bits per heavy atom. The number of carbonyl (C=O) groups excluding carboxylic acids is 2. The maximum Gasteiger partial charge on any atom is 0.260 e. The lowest BCUT2D eigenvalue weighted by Gasteiger charge is -2.30. The lowest BCUT2D eigenvalue weighted by molar-refractivity contribution is -0.134. The van der Waals surface area contributed by atoms with Crippen molar-refractivity contribution in [2.45, 2.75) is 26.7 Å². The highest BCUT2D eigenvalue weighted by atomic mass is 16.5. The van der Waals surface area contributed by atoms with E-state index in [0.29, 0.717) is 23.0 Å². The number of benzene rings is 1. The fraction of sp³-hybridized carbons (Fsp3) is 0.529. The molecule has 1 aliphatic rings. The van der Waals surface area contributed by atoms with Crippen LogP contribution in [0.4, 0.5) is 0 Å². The van der Waals surface area contributed by atoms with E-state index in [0.717, 1.165) is 25.9 Å². The topological polar surface area (TPSA) is 55.8 Å². The molecule has 0 radical (unpaired) electrons. The molecule has 0 aliphatic carbocycles. The third-order valence-electron chi connectivity index (χ3n) is 4.06. The summed E-state index contributed by atoms with van der Waals surface area (Å²) in [6, 6.07) is 4.97. The van der Waals surface area contributed by atoms with Crippen LogP contribution in [0.25, 0.3) is 0 Å². The summed E-state index contributed by atoms with van der Waals surface area (Å²) in [6.45, 7) is 5.29. The van der Waals surface area contributed by atoms with Gasteiger partial charge >= 0.3 is 0 Å². The summed E-state index contributed by atoms with van der Waals surface area (Å²) in [7, 11) is 1.51. The first-order valence-electron chi connectivity index (χ1n) is 7.60. The van der Waals surface area contributed by atoms with E-state index in [4.69, 9.17) is 9.47 Å². The smallest absolute Gasteiger partial charge is 0.260 e. The number of Topliss-reactive ketones (excluding diaryl/α,β-unsaturated/α-hetero) is 1. The van der Waals surface area contributed by atoms with E-state index >= 15 is 0 Å². The minimum atomic E-state index is -0.0386. The quantitative estimate of drug-likeness (QED) is 0.784. The first-order valence-corrected chi connectivity index (χ1v) is 7.60. The number of hydrogen-bond acceptors (Lipinski definition) is 4. The molecule has 0 aromatic heterocycles. The van der Waals surface area contributed by atoms with E-state index < -0.39 is 0 Å². The van der Waals surface area contributed by atoms with Gasteiger partial charge in [-0.25, -0.2) is 0 Å². The zero-order valence-corrected chi connectivity index (χ0v) is 13.4. The molecular formula is C17H23NO4. The Hall–Kier alpha value is -2.04. The number of hydrogen-bond donors (Lipinski definition) is 0. The summed E-state index contributed by atoms with van der Waals surface area (Å²) >= 11 is 0. The molecule has 2 rings (SSSR count). The molecule has 0 N–H and O–H groups in total. The molecule has 0 atom stereocenters. The molecule has 1 saturated heterocycles. The van der Waals surface area contributed by atoms with Crippen LogP contribution in [0.3, 0.4) is 0 Å². The highest BCUT2D eigenvalue weighted by Crippen LogP contribution is 2.28. The van der Waals surface area contributed by atoms with Crippen molar-refractivity contribution in [1.82, 2.24) is 4.90 Å². The van der Waals surface area contributed by atoms with Crippen molar-refractivity contribution in [3.05, 3.63) is 23.8 Å². The number of piperidine rings is 1. The second kappa shape index (κ2) is 7.29. The van der Waals surface area contributed by atoms with Gasteiger partial charge in [0.15, 0.2) is 23.9 Å². The molecule has 5 nitrogen and oxygen atoms in total. The highest BCUT2D eigenvalue weighted by Gasteiger charge is 2.21. The van der Waals surface area contributed by atoms with Gasteiger partial charge in [-0.1, -0.05) is 6.92 Å².